The predicted octanol–water partition coefficient (Wildman–Crippen LogP) is 2.02. The second-order valence-electron chi connectivity index (χ2n) is 6.10. The zero-order chi connectivity index (χ0) is 18.4. The maximum absolute atomic E-state index is 12.4. The van der Waals surface area contributed by atoms with E-state index in [1.54, 1.807) is 0 Å². The van der Waals surface area contributed by atoms with Gasteiger partial charge in [-0.2, -0.15) is 4.98 Å². The van der Waals surface area contributed by atoms with Crippen LogP contribution in [0.2, 0.25) is 0 Å². The molecule has 1 aliphatic heterocycles. The van der Waals surface area contributed by atoms with E-state index in [1.165, 1.54) is 12.0 Å². The lowest BCUT2D eigenvalue weighted by Gasteiger charge is -2.33. The third-order valence-corrected chi connectivity index (χ3v) is 4.35. The van der Waals surface area contributed by atoms with Crippen LogP contribution in [0, 0.1) is 0 Å². The highest BCUT2D eigenvalue weighted by Crippen LogP contribution is 2.18. The molecule has 2 amide bonds. The van der Waals surface area contributed by atoms with Crippen molar-refractivity contribution >= 4 is 12.0 Å². The molecule has 1 fully saturated rings. The van der Waals surface area contributed by atoms with E-state index < -0.39 is 12.1 Å². The fourth-order valence-corrected chi connectivity index (χ4v) is 3.01. The maximum atomic E-state index is 12.4. The Bertz CT molecular complexity index is 747. The van der Waals surface area contributed by atoms with Gasteiger partial charge < -0.3 is 14.6 Å². The molecule has 26 heavy (non-hydrogen) atoms. The minimum Gasteiger partial charge on any atom is -0.453 e. The molecule has 1 saturated heterocycles. The number of ether oxygens (including phenoxy) is 1. The highest BCUT2D eigenvalue weighted by atomic mass is 16.5. The highest BCUT2D eigenvalue weighted by molar-refractivity contribution is 5.85. The van der Waals surface area contributed by atoms with Crippen LogP contribution in [0.25, 0.3) is 11.5 Å². The molecule has 8 heteroatoms. The average molecular weight is 358 g/mol. The number of carbonyl (C=O) groups excluding carboxylic acids is 2. The van der Waals surface area contributed by atoms with Gasteiger partial charge in [0, 0.05) is 25.1 Å². The Labute approximate surface area is 151 Å². The number of hydrogen-bond acceptors (Lipinski definition) is 6. The number of rotatable bonds is 5. The quantitative estimate of drug-likeness (QED) is 0.878. The Balaban J connectivity index is 1.52. The summed E-state index contributed by atoms with van der Waals surface area (Å²) >= 11 is 0. The van der Waals surface area contributed by atoms with E-state index in [-0.39, 0.29) is 5.91 Å². The number of piperidine rings is 1. The lowest BCUT2D eigenvalue weighted by atomic mass is 10.0. The summed E-state index contributed by atoms with van der Waals surface area (Å²) < 4.78 is 10.0. The zero-order valence-corrected chi connectivity index (χ0v) is 14.7. The largest absolute Gasteiger partial charge is 0.453 e. The molecule has 1 aromatic carbocycles. The summed E-state index contributed by atoms with van der Waals surface area (Å²) in [7, 11) is 1.33. The number of aromatic nitrogens is 2. The first-order valence-electron chi connectivity index (χ1n) is 8.69. The van der Waals surface area contributed by atoms with Gasteiger partial charge in [0.25, 0.3) is 5.89 Å². The summed E-state index contributed by atoms with van der Waals surface area (Å²) in [5.74, 6) is 0.801. The first-order chi connectivity index (χ1) is 12.7. The van der Waals surface area contributed by atoms with Crippen molar-refractivity contribution in [1.82, 2.24) is 20.4 Å². The molecular formula is C18H22N4O4. The number of carbonyl (C=O) groups is 2. The number of methoxy groups -OCH3 is 1. The van der Waals surface area contributed by atoms with E-state index in [9.17, 15) is 9.59 Å². The fraction of sp³-hybridized carbons (Fsp3) is 0.444. The first kappa shape index (κ1) is 17.9. The van der Waals surface area contributed by atoms with Crippen LogP contribution in [0.15, 0.2) is 34.9 Å². The molecule has 8 nitrogen and oxygen atoms in total. The topological polar surface area (TPSA) is 97.6 Å². The molecule has 1 atom stereocenters. The molecule has 138 valence electrons. The Kier molecular flexibility index (Phi) is 5.83. The van der Waals surface area contributed by atoms with Crippen molar-refractivity contribution in [3.05, 3.63) is 36.2 Å². The normalized spacial score (nSPS) is 17.0. The predicted molar refractivity (Wildman–Crippen MR) is 93.2 cm³/mol. The van der Waals surface area contributed by atoms with Gasteiger partial charge in [-0.05, 0) is 31.4 Å². The Morgan fingerprint density at radius 1 is 1.31 bits per heavy atom. The third-order valence-electron chi connectivity index (χ3n) is 4.35. The Morgan fingerprint density at radius 3 is 2.88 bits per heavy atom. The highest BCUT2D eigenvalue weighted by Gasteiger charge is 2.32. The number of likely N-dealkylation sites (tertiary alicyclic amines) is 1. The maximum Gasteiger partial charge on any atom is 0.410 e. The Morgan fingerprint density at radius 2 is 2.12 bits per heavy atom. The molecule has 1 aliphatic rings. The number of hydrogen-bond donors (Lipinski definition) is 1. The second kappa shape index (κ2) is 8.46. The molecule has 0 spiro atoms. The smallest absolute Gasteiger partial charge is 0.410 e. The van der Waals surface area contributed by atoms with E-state index in [1.807, 2.05) is 30.3 Å². The standard InChI is InChI=1S/C18H22N4O4/c1-25-18(24)22-12-6-5-9-14(22)16(23)19-11-10-15-20-17(26-21-15)13-7-3-2-4-8-13/h2-4,7-8,14H,5-6,9-12H2,1H3,(H,19,23)/t14-/m1/s1. The zero-order valence-electron chi connectivity index (χ0n) is 14.7. The molecule has 2 heterocycles. The molecule has 2 aromatic rings. The third kappa shape index (κ3) is 4.19. The van der Waals surface area contributed by atoms with E-state index in [0.717, 1.165) is 18.4 Å². The van der Waals surface area contributed by atoms with Gasteiger partial charge in [-0.3, -0.25) is 9.69 Å². The van der Waals surface area contributed by atoms with Crippen molar-refractivity contribution in [2.75, 3.05) is 20.2 Å². The molecule has 0 saturated carbocycles. The van der Waals surface area contributed by atoms with Crippen molar-refractivity contribution in [2.24, 2.45) is 0 Å². The van der Waals surface area contributed by atoms with Gasteiger partial charge in [0.1, 0.15) is 6.04 Å². The van der Waals surface area contributed by atoms with Gasteiger partial charge >= 0.3 is 6.09 Å². The Hall–Kier alpha value is -2.90. The minimum atomic E-state index is -0.485. The lowest BCUT2D eigenvalue weighted by Crippen LogP contribution is -2.52. The number of benzene rings is 1. The summed E-state index contributed by atoms with van der Waals surface area (Å²) in [5.41, 5.74) is 0.853. The number of nitrogens with one attached hydrogen (secondary N) is 1. The summed E-state index contributed by atoms with van der Waals surface area (Å²) in [5, 5.41) is 6.79. The van der Waals surface area contributed by atoms with E-state index in [0.29, 0.717) is 37.6 Å². The van der Waals surface area contributed by atoms with Crippen LogP contribution >= 0.6 is 0 Å². The summed E-state index contributed by atoms with van der Waals surface area (Å²) in [6.45, 7) is 0.911. The fourth-order valence-electron chi connectivity index (χ4n) is 3.01. The number of nitrogens with zero attached hydrogens (tertiary/aromatic N) is 3. The molecular weight excluding hydrogens is 336 g/mol. The van der Waals surface area contributed by atoms with E-state index >= 15 is 0 Å². The second-order valence-corrected chi connectivity index (χ2v) is 6.10. The van der Waals surface area contributed by atoms with Gasteiger partial charge in [-0.15, -0.1) is 0 Å². The monoisotopic (exact) mass is 358 g/mol. The van der Waals surface area contributed by atoms with Crippen LogP contribution in [0.1, 0.15) is 25.1 Å². The summed E-state index contributed by atoms with van der Waals surface area (Å²) in [6, 6.07) is 9.01. The van der Waals surface area contributed by atoms with Gasteiger partial charge in [-0.1, -0.05) is 23.4 Å². The van der Waals surface area contributed by atoms with Crippen molar-refractivity contribution in [3.63, 3.8) is 0 Å². The van der Waals surface area contributed by atoms with Crippen molar-refractivity contribution in [1.29, 1.82) is 0 Å². The molecule has 1 N–H and O–H groups in total. The molecule has 0 aliphatic carbocycles. The van der Waals surface area contributed by atoms with E-state index in [2.05, 4.69) is 15.5 Å². The van der Waals surface area contributed by atoms with Crippen molar-refractivity contribution in [2.45, 2.75) is 31.7 Å². The average Bonchev–Trinajstić information content (AvgIpc) is 3.17. The molecule has 3 rings (SSSR count). The van der Waals surface area contributed by atoms with Crippen LogP contribution in [0.4, 0.5) is 4.79 Å². The molecule has 0 bridgehead atoms. The van der Waals surface area contributed by atoms with Gasteiger partial charge in [-0.25, -0.2) is 4.79 Å². The summed E-state index contributed by atoms with van der Waals surface area (Å²) in [6.07, 6.45) is 2.42. The first-order valence-corrected chi connectivity index (χ1v) is 8.69. The van der Waals surface area contributed by atoms with Crippen LogP contribution in [-0.4, -0.2) is 53.3 Å². The van der Waals surface area contributed by atoms with E-state index in [4.69, 9.17) is 9.26 Å². The molecule has 1 aromatic heterocycles. The van der Waals surface area contributed by atoms with Crippen molar-refractivity contribution < 1.29 is 18.8 Å². The lowest BCUT2D eigenvalue weighted by molar-refractivity contribution is -0.126. The van der Waals surface area contributed by atoms with Gasteiger partial charge in [0.15, 0.2) is 5.82 Å². The van der Waals surface area contributed by atoms with Crippen LogP contribution < -0.4 is 5.32 Å². The summed E-state index contributed by atoms with van der Waals surface area (Å²) in [4.78, 5) is 30.0. The van der Waals surface area contributed by atoms with Crippen molar-refractivity contribution in [3.8, 4) is 11.5 Å². The molecule has 0 unspecified atom stereocenters. The molecule has 0 radical (unpaired) electrons. The van der Waals surface area contributed by atoms with Crippen LogP contribution in [0.3, 0.4) is 0 Å². The van der Waals surface area contributed by atoms with Crippen LogP contribution in [-0.2, 0) is 16.0 Å². The van der Waals surface area contributed by atoms with Crippen LogP contribution in [0.5, 0.6) is 0 Å². The SMILES string of the molecule is COC(=O)N1CCCC[C@@H]1C(=O)NCCc1noc(-c2ccccc2)n1. The van der Waals surface area contributed by atoms with Gasteiger partial charge in [0.05, 0.1) is 7.11 Å². The minimum absolute atomic E-state index is 0.179. The van der Waals surface area contributed by atoms with Gasteiger partial charge in [0.2, 0.25) is 5.91 Å². The number of amides is 2.